The van der Waals surface area contributed by atoms with Gasteiger partial charge in [0.1, 0.15) is 12.1 Å². The van der Waals surface area contributed by atoms with Crippen LogP contribution in [0.1, 0.15) is 27.7 Å². The quantitative estimate of drug-likeness (QED) is 0.779. The van der Waals surface area contributed by atoms with Crippen molar-refractivity contribution in [3.63, 3.8) is 0 Å². The maximum atomic E-state index is 4.17. The minimum atomic E-state index is 0.345. The van der Waals surface area contributed by atoms with E-state index >= 15 is 0 Å². The number of rotatable bonds is 2. The van der Waals surface area contributed by atoms with E-state index < -0.39 is 0 Å². The summed E-state index contributed by atoms with van der Waals surface area (Å²) in [5.41, 5.74) is 0.690. The van der Waals surface area contributed by atoms with Gasteiger partial charge >= 0.3 is 0 Å². The Hall–Kier alpha value is -1.12. The summed E-state index contributed by atoms with van der Waals surface area (Å²) in [7, 11) is 0. The monoisotopic (exact) mass is 191 g/mol. The van der Waals surface area contributed by atoms with Gasteiger partial charge in [0.2, 0.25) is 0 Å². The standard InChI is InChI=1S/C11H17N3/c1-10(2)9(11(10,3)4)14-8-5-6-12-7-13-8/h5-7,9H,1-4H3,(H,12,13,14). The molecular weight excluding hydrogens is 174 g/mol. The molecule has 3 nitrogen and oxygen atoms in total. The Morgan fingerprint density at radius 3 is 2.29 bits per heavy atom. The lowest BCUT2D eigenvalue weighted by Crippen LogP contribution is -2.10. The lowest BCUT2D eigenvalue weighted by Gasteiger charge is -2.05. The zero-order valence-corrected chi connectivity index (χ0v) is 9.20. The summed E-state index contributed by atoms with van der Waals surface area (Å²) in [6.45, 7) is 9.13. The lowest BCUT2D eigenvalue weighted by molar-refractivity contribution is 0.457. The topological polar surface area (TPSA) is 37.8 Å². The van der Waals surface area contributed by atoms with Crippen LogP contribution < -0.4 is 5.32 Å². The molecule has 0 bridgehead atoms. The first kappa shape index (κ1) is 9.44. The third kappa shape index (κ3) is 1.19. The van der Waals surface area contributed by atoms with E-state index in [1.54, 1.807) is 12.5 Å². The van der Waals surface area contributed by atoms with Crippen molar-refractivity contribution in [1.82, 2.24) is 9.97 Å². The van der Waals surface area contributed by atoms with Crippen LogP contribution in [0.5, 0.6) is 0 Å². The molecule has 1 heterocycles. The summed E-state index contributed by atoms with van der Waals surface area (Å²) < 4.78 is 0. The van der Waals surface area contributed by atoms with E-state index in [1.807, 2.05) is 6.07 Å². The fourth-order valence-corrected chi connectivity index (χ4v) is 2.08. The van der Waals surface area contributed by atoms with E-state index in [9.17, 15) is 0 Å². The summed E-state index contributed by atoms with van der Waals surface area (Å²) in [6, 6.07) is 2.41. The molecule has 0 aliphatic heterocycles. The Morgan fingerprint density at radius 2 is 1.86 bits per heavy atom. The normalized spacial score (nSPS) is 23.1. The Balaban J connectivity index is 2.09. The molecule has 1 aliphatic rings. The van der Waals surface area contributed by atoms with Crippen LogP contribution in [0, 0.1) is 10.8 Å². The first-order chi connectivity index (χ1) is 6.46. The van der Waals surface area contributed by atoms with Gasteiger partial charge in [0.05, 0.1) is 0 Å². The highest BCUT2D eigenvalue weighted by Crippen LogP contribution is 2.63. The van der Waals surface area contributed by atoms with Crippen LogP contribution in [-0.2, 0) is 0 Å². The summed E-state index contributed by atoms with van der Waals surface area (Å²) >= 11 is 0. The van der Waals surface area contributed by atoms with Crippen molar-refractivity contribution in [2.24, 2.45) is 10.8 Å². The Bertz CT molecular complexity index is 316. The lowest BCUT2D eigenvalue weighted by atomic mass is 10.0. The van der Waals surface area contributed by atoms with Gasteiger partial charge in [0, 0.05) is 12.2 Å². The number of nitrogens with zero attached hydrogens (tertiary/aromatic N) is 2. The van der Waals surface area contributed by atoms with Crippen molar-refractivity contribution >= 4 is 5.82 Å². The van der Waals surface area contributed by atoms with Crippen molar-refractivity contribution < 1.29 is 0 Å². The molecule has 1 saturated carbocycles. The molecule has 0 atom stereocenters. The summed E-state index contributed by atoms with van der Waals surface area (Å²) in [6.07, 6.45) is 3.34. The van der Waals surface area contributed by atoms with Gasteiger partial charge in [0.15, 0.2) is 0 Å². The Kier molecular flexibility index (Phi) is 1.81. The van der Waals surface area contributed by atoms with E-state index in [0.717, 1.165) is 5.82 Å². The largest absolute Gasteiger partial charge is 0.366 e. The second-order valence-corrected chi connectivity index (χ2v) is 5.12. The maximum absolute atomic E-state index is 4.17. The van der Waals surface area contributed by atoms with Crippen LogP contribution in [-0.4, -0.2) is 16.0 Å². The van der Waals surface area contributed by atoms with Gasteiger partial charge in [0.25, 0.3) is 0 Å². The van der Waals surface area contributed by atoms with Gasteiger partial charge in [-0.1, -0.05) is 27.7 Å². The molecule has 3 heteroatoms. The molecule has 76 valence electrons. The predicted octanol–water partition coefficient (Wildman–Crippen LogP) is 2.32. The van der Waals surface area contributed by atoms with Gasteiger partial charge in [-0.3, -0.25) is 0 Å². The summed E-state index contributed by atoms with van der Waals surface area (Å²) in [4.78, 5) is 8.06. The molecule has 1 aliphatic carbocycles. The van der Waals surface area contributed by atoms with E-state index in [0.29, 0.717) is 16.9 Å². The fraction of sp³-hybridized carbons (Fsp3) is 0.636. The highest BCUT2D eigenvalue weighted by Gasteiger charge is 2.65. The van der Waals surface area contributed by atoms with Crippen LogP contribution in [0.4, 0.5) is 5.82 Å². The Morgan fingerprint density at radius 1 is 1.21 bits per heavy atom. The average Bonchev–Trinajstić information content (AvgIpc) is 2.50. The zero-order valence-electron chi connectivity index (χ0n) is 9.20. The molecule has 14 heavy (non-hydrogen) atoms. The van der Waals surface area contributed by atoms with Crippen LogP contribution in [0.25, 0.3) is 0 Å². The van der Waals surface area contributed by atoms with E-state index in [4.69, 9.17) is 0 Å². The third-order valence-electron chi connectivity index (χ3n) is 3.89. The average molecular weight is 191 g/mol. The molecule has 0 amide bonds. The molecule has 0 radical (unpaired) electrons. The molecule has 1 aromatic rings. The van der Waals surface area contributed by atoms with Crippen molar-refractivity contribution in [2.75, 3.05) is 5.32 Å². The van der Waals surface area contributed by atoms with E-state index in [2.05, 4.69) is 43.0 Å². The number of hydrogen-bond acceptors (Lipinski definition) is 3. The maximum Gasteiger partial charge on any atom is 0.129 e. The second kappa shape index (κ2) is 2.69. The van der Waals surface area contributed by atoms with E-state index in [-0.39, 0.29) is 0 Å². The van der Waals surface area contributed by atoms with E-state index in [1.165, 1.54) is 0 Å². The first-order valence-corrected chi connectivity index (χ1v) is 4.99. The van der Waals surface area contributed by atoms with Crippen LogP contribution >= 0.6 is 0 Å². The highest BCUT2D eigenvalue weighted by atomic mass is 15.1. The van der Waals surface area contributed by atoms with Gasteiger partial charge in [-0.25, -0.2) is 9.97 Å². The van der Waals surface area contributed by atoms with Crippen LogP contribution in [0.15, 0.2) is 18.6 Å². The third-order valence-corrected chi connectivity index (χ3v) is 3.89. The number of aromatic nitrogens is 2. The fourth-order valence-electron chi connectivity index (χ4n) is 2.08. The smallest absolute Gasteiger partial charge is 0.129 e. The van der Waals surface area contributed by atoms with Crippen LogP contribution in [0.3, 0.4) is 0 Å². The van der Waals surface area contributed by atoms with Gasteiger partial charge in [-0.05, 0) is 16.9 Å². The predicted molar refractivity (Wildman–Crippen MR) is 57.0 cm³/mol. The number of nitrogens with one attached hydrogen (secondary N) is 1. The molecule has 1 aromatic heterocycles. The van der Waals surface area contributed by atoms with Crippen molar-refractivity contribution in [3.8, 4) is 0 Å². The van der Waals surface area contributed by atoms with Crippen molar-refractivity contribution in [3.05, 3.63) is 18.6 Å². The molecule has 0 unspecified atom stereocenters. The minimum Gasteiger partial charge on any atom is -0.366 e. The molecule has 1 N–H and O–H groups in total. The first-order valence-electron chi connectivity index (χ1n) is 4.99. The summed E-state index contributed by atoms with van der Waals surface area (Å²) in [5.74, 6) is 0.920. The molecule has 0 aromatic carbocycles. The molecule has 0 saturated heterocycles. The Labute approximate surface area is 85.0 Å². The van der Waals surface area contributed by atoms with Crippen molar-refractivity contribution in [1.29, 1.82) is 0 Å². The van der Waals surface area contributed by atoms with Gasteiger partial charge in [-0.15, -0.1) is 0 Å². The number of anilines is 1. The highest BCUT2D eigenvalue weighted by molar-refractivity contribution is 5.40. The van der Waals surface area contributed by atoms with Gasteiger partial charge < -0.3 is 5.32 Å². The molecule has 0 spiro atoms. The molecular formula is C11H17N3. The van der Waals surface area contributed by atoms with Crippen LogP contribution in [0.2, 0.25) is 0 Å². The summed E-state index contributed by atoms with van der Waals surface area (Å²) in [5, 5.41) is 3.45. The zero-order chi connectivity index (χ0) is 10.4. The SMILES string of the molecule is CC1(C)C(Nc2ccncn2)C1(C)C. The van der Waals surface area contributed by atoms with Gasteiger partial charge in [-0.2, -0.15) is 0 Å². The second-order valence-electron chi connectivity index (χ2n) is 5.12. The van der Waals surface area contributed by atoms with Crippen molar-refractivity contribution in [2.45, 2.75) is 33.7 Å². The molecule has 2 rings (SSSR count). The minimum absolute atomic E-state index is 0.345. The number of hydrogen-bond donors (Lipinski definition) is 1. The molecule has 1 fully saturated rings.